The van der Waals surface area contributed by atoms with Gasteiger partial charge in [0.25, 0.3) is 0 Å². The molecule has 0 heterocycles. The molecule has 0 saturated carbocycles. The van der Waals surface area contributed by atoms with Crippen LogP contribution in [0, 0.1) is 0 Å². The normalized spacial score (nSPS) is 5.00. The van der Waals surface area contributed by atoms with E-state index in [1.165, 1.54) is 0 Å². The first-order chi connectivity index (χ1) is 1.91. The number of nitrogens with two attached hydrogens (primary N) is 2. The van der Waals surface area contributed by atoms with Crippen molar-refractivity contribution in [3.05, 3.63) is 0 Å². The van der Waals surface area contributed by atoms with E-state index in [0.717, 1.165) is 0 Å². The monoisotopic (exact) mass is 118 g/mol. The van der Waals surface area contributed by atoms with Crippen LogP contribution in [-0.2, 0) is 0 Å². The molecule has 2 nitrogen and oxygen atoms in total. The average Bonchev–Trinajstić information content (AvgIpc) is 1.37. The van der Waals surface area contributed by atoms with Gasteiger partial charge in [0.1, 0.15) is 0 Å². The van der Waals surface area contributed by atoms with Crippen LogP contribution in [0.15, 0.2) is 0 Å². The predicted molar refractivity (Wildman–Crippen MR) is 18.1 cm³/mol. The van der Waals surface area contributed by atoms with E-state index in [2.05, 4.69) is 0 Å². The summed E-state index contributed by atoms with van der Waals surface area (Å²) in [5.74, 6) is 0. The first kappa shape index (κ1) is 15.7. The van der Waals surface area contributed by atoms with E-state index in [9.17, 15) is 0 Å². The molecule has 0 aliphatic rings. The van der Waals surface area contributed by atoms with Gasteiger partial charge in [-0.25, -0.2) is 0 Å². The van der Waals surface area contributed by atoms with Crippen molar-refractivity contribution < 1.29 is 42.0 Å². The molecule has 4 heteroatoms. The molecule has 6 heavy (non-hydrogen) atoms. The Labute approximate surface area is 66.4 Å². The van der Waals surface area contributed by atoms with Crippen molar-refractivity contribution in [2.24, 2.45) is 11.5 Å². The maximum atomic E-state index is 4.90. The zero-order valence-corrected chi connectivity index (χ0v) is 6.70. The Morgan fingerprint density at radius 1 is 1.00 bits per heavy atom. The minimum atomic E-state index is 0. The largest absolute Gasteiger partial charge is 1.00 e. The summed E-state index contributed by atoms with van der Waals surface area (Å²) < 4.78 is 0. The van der Waals surface area contributed by atoms with Crippen LogP contribution in [0.1, 0.15) is 0 Å². The number of hydrogen-bond donors (Lipinski definition) is 2. The van der Waals surface area contributed by atoms with Gasteiger partial charge in [-0.05, 0) is 0 Å². The molecule has 4 N–H and O–H groups in total. The Morgan fingerprint density at radius 2 is 1.17 bits per heavy atom. The van der Waals surface area contributed by atoms with E-state index < -0.39 is 0 Å². The van der Waals surface area contributed by atoms with E-state index in [1.54, 1.807) is 0 Å². The molecule has 0 aliphatic heterocycles. The molecule has 0 aromatic carbocycles. The minimum absolute atomic E-state index is 0. The molecule has 0 spiro atoms. The predicted octanol–water partition coefficient (Wildman–Crippen LogP) is -7.09. The smallest absolute Gasteiger partial charge is 1.00 e. The van der Waals surface area contributed by atoms with Crippen LogP contribution in [0.25, 0.3) is 0 Å². The number of halogens is 1. The SMILES string of the molecule is NCCN.[Cl-].[Na+]. The zero-order chi connectivity index (χ0) is 3.41. The van der Waals surface area contributed by atoms with Crippen molar-refractivity contribution in [3.8, 4) is 0 Å². The molecule has 0 radical (unpaired) electrons. The van der Waals surface area contributed by atoms with Crippen LogP contribution in [0.4, 0.5) is 0 Å². The van der Waals surface area contributed by atoms with Gasteiger partial charge < -0.3 is 23.9 Å². The van der Waals surface area contributed by atoms with Gasteiger partial charge in [-0.3, -0.25) is 0 Å². The first-order valence-electron chi connectivity index (χ1n) is 1.32. The molecule has 0 bridgehead atoms. The van der Waals surface area contributed by atoms with E-state index in [-0.39, 0.29) is 42.0 Å². The van der Waals surface area contributed by atoms with Gasteiger partial charge in [0.05, 0.1) is 0 Å². The van der Waals surface area contributed by atoms with E-state index in [1.807, 2.05) is 0 Å². The van der Waals surface area contributed by atoms with Gasteiger partial charge in [-0.1, -0.05) is 0 Å². The van der Waals surface area contributed by atoms with Crippen LogP contribution in [0.5, 0.6) is 0 Å². The molecule has 0 aliphatic carbocycles. The third kappa shape index (κ3) is 18.9. The molecule has 0 amide bonds. The topological polar surface area (TPSA) is 52.0 Å². The average molecular weight is 119 g/mol. The molecule has 0 unspecified atom stereocenters. The molecule has 0 atom stereocenters. The Morgan fingerprint density at radius 3 is 1.17 bits per heavy atom. The van der Waals surface area contributed by atoms with Gasteiger partial charge in [-0.2, -0.15) is 0 Å². The van der Waals surface area contributed by atoms with Crippen LogP contribution in [-0.4, -0.2) is 13.1 Å². The number of hydrogen-bond acceptors (Lipinski definition) is 2. The third-order valence-electron chi connectivity index (χ3n) is 0.167. The Hall–Kier alpha value is 1.21. The third-order valence-corrected chi connectivity index (χ3v) is 0.167. The van der Waals surface area contributed by atoms with Crippen molar-refractivity contribution in [3.63, 3.8) is 0 Å². The summed E-state index contributed by atoms with van der Waals surface area (Å²) in [6, 6.07) is 0. The summed E-state index contributed by atoms with van der Waals surface area (Å²) in [5.41, 5.74) is 9.81. The fraction of sp³-hybridized carbons (Fsp3) is 1.00. The van der Waals surface area contributed by atoms with Crippen molar-refractivity contribution >= 4 is 0 Å². The fourth-order valence-electron chi connectivity index (χ4n) is 0. The maximum absolute atomic E-state index is 4.90. The Balaban J connectivity index is -0.0000000450. The maximum Gasteiger partial charge on any atom is 1.00 e. The van der Waals surface area contributed by atoms with Gasteiger partial charge in [-0.15, -0.1) is 0 Å². The summed E-state index contributed by atoms with van der Waals surface area (Å²) in [4.78, 5) is 0. The second-order valence-corrected chi connectivity index (χ2v) is 0.577. The molecule has 34 valence electrons. The minimum Gasteiger partial charge on any atom is -1.00 e. The van der Waals surface area contributed by atoms with Crippen LogP contribution >= 0.6 is 0 Å². The van der Waals surface area contributed by atoms with E-state index >= 15 is 0 Å². The summed E-state index contributed by atoms with van der Waals surface area (Å²) in [6.07, 6.45) is 0. The quantitative estimate of drug-likeness (QED) is 0.336. The first-order valence-corrected chi connectivity index (χ1v) is 1.32. The van der Waals surface area contributed by atoms with Crippen molar-refractivity contribution in [2.45, 2.75) is 0 Å². The van der Waals surface area contributed by atoms with Crippen LogP contribution in [0.2, 0.25) is 0 Å². The Kier molecular flexibility index (Phi) is 42.8. The summed E-state index contributed by atoms with van der Waals surface area (Å²) in [7, 11) is 0. The molecule has 0 fully saturated rings. The summed E-state index contributed by atoms with van der Waals surface area (Å²) in [6.45, 7) is 1.19. The van der Waals surface area contributed by atoms with E-state index in [4.69, 9.17) is 11.5 Å². The fourth-order valence-corrected chi connectivity index (χ4v) is 0. The second kappa shape index (κ2) is 16.4. The standard InChI is InChI=1S/C2H8N2.ClH.Na/c3-1-2-4;;/h1-4H2;1H;/q;;+1/p-1. The van der Waals surface area contributed by atoms with Gasteiger partial charge >= 0.3 is 29.6 Å². The number of rotatable bonds is 1. The van der Waals surface area contributed by atoms with E-state index in [0.29, 0.717) is 13.1 Å². The van der Waals surface area contributed by atoms with Crippen LogP contribution < -0.4 is 53.4 Å². The summed E-state index contributed by atoms with van der Waals surface area (Å²) in [5, 5.41) is 0. The molecular formula is C2H8ClN2Na. The van der Waals surface area contributed by atoms with Crippen LogP contribution in [0.3, 0.4) is 0 Å². The van der Waals surface area contributed by atoms with Crippen molar-refractivity contribution in [1.29, 1.82) is 0 Å². The van der Waals surface area contributed by atoms with Gasteiger partial charge in [0.15, 0.2) is 0 Å². The van der Waals surface area contributed by atoms with Crippen molar-refractivity contribution in [1.82, 2.24) is 0 Å². The Bertz CT molecular complexity index is 13.5. The molecule has 0 aromatic rings. The second-order valence-electron chi connectivity index (χ2n) is 0.577. The van der Waals surface area contributed by atoms with Gasteiger partial charge in [0.2, 0.25) is 0 Å². The molecular weight excluding hydrogens is 110 g/mol. The van der Waals surface area contributed by atoms with Gasteiger partial charge in [0, 0.05) is 13.1 Å². The zero-order valence-electron chi connectivity index (χ0n) is 3.95. The molecule has 0 rings (SSSR count). The molecule has 0 aromatic heterocycles. The summed E-state index contributed by atoms with van der Waals surface area (Å²) >= 11 is 0. The molecule has 0 saturated heterocycles. The van der Waals surface area contributed by atoms with Crippen molar-refractivity contribution in [2.75, 3.05) is 13.1 Å².